The zero-order valence-electron chi connectivity index (χ0n) is 11.6. The number of hydrogen-bond donors (Lipinski definition) is 2. The van der Waals surface area contributed by atoms with E-state index >= 15 is 0 Å². The summed E-state index contributed by atoms with van der Waals surface area (Å²) in [4.78, 5) is 0. The second-order valence-electron chi connectivity index (χ2n) is 4.93. The van der Waals surface area contributed by atoms with E-state index in [1.807, 2.05) is 47.4 Å². The predicted molar refractivity (Wildman–Crippen MR) is 83.2 cm³/mol. The Balaban J connectivity index is 1.59. The maximum atomic E-state index is 9.25. The lowest BCUT2D eigenvalue weighted by Crippen LogP contribution is -2.00. The van der Waals surface area contributed by atoms with Gasteiger partial charge in [-0.2, -0.15) is 5.10 Å². The first kappa shape index (κ1) is 13.2. The second-order valence-corrected chi connectivity index (χ2v) is 4.93. The summed E-state index contributed by atoms with van der Waals surface area (Å²) in [7, 11) is 0. The fourth-order valence-electron chi connectivity index (χ4n) is 2.13. The second kappa shape index (κ2) is 6.13. The Kier molecular flexibility index (Phi) is 3.87. The number of rotatable bonds is 5. The van der Waals surface area contributed by atoms with Crippen molar-refractivity contribution in [2.45, 2.75) is 13.1 Å². The third-order valence-corrected chi connectivity index (χ3v) is 3.25. The minimum absolute atomic E-state index is 0.287. The molecule has 0 bridgehead atoms. The molecule has 0 spiro atoms. The molecule has 106 valence electrons. The Labute approximate surface area is 123 Å². The molecule has 3 rings (SSSR count). The quantitative estimate of drug-likeness (QED) is 0.753. The number of aromatic hydroxyl groups is 1. The Morgan fingerprint density at radius 3 is 2.48 bits per heavy atom. The molecule has 0 radical (unpaired) electrons. The number of phenolic OH excluding ortho intramolecular Hbond substituents is 1. The van der Waals surface area contributed by atoms with E-state index in [1.54, 1.807) is 12.1 Å². The fourth-order valence-corrected chi connectivity index (χ4v) is 2.13. The van der Waals surface area contributed by atoms with Crippen LogP contribution in [0.15, 0.2) is 67.0 Å². The lowest BCUT2D eigenvalue weighted by molar-refractivity contribution is 0.475. The molecule has 2 aromatic carbocycles. The minimum atomic E-state index is 0.287. The summed E-state index contributed by atoms with van der Waals surface area (Å²) in [6.45, 7) is 1.47. The van der Waals surface area contributed by atoms with Gasteiger partial charge < -0.3 is 10.4 Å². The average Bonchev–Trinajstić information content (AvgIpc) is 2.95. The lowest BCUT2D eigenvalue weighted by atomic mass is 10.2. The summed E-state index contributed by atoms with van der Waals surface area (Å²) in [5.41, 5.74) is 3.33. The van der Waals surface area contributed by atoms with Crippen LogP contribution in [0.1, 0.15) is 11.1 Å². The molecule has 2 N–H and O–H groups in total. The van der Waals surface area contributed by atoms with Crippen molar-refractivity contribution < 1.29 is 5.11 Å². The molecular formula is C17H17N3O. The maximum Gasteiger partial charge on any atom is 0.115 e. The van der Waals surface area contributed by atoms with E-state index in [0.717, 1.165) is 17.8 Å². The van der Waals surface area contributed by atoms with Gasteiger partial charge in [-0.05, 0) is 23.3 Å². The summed E-state index contributed by atoms with van der Waals surface area (Å²) >= 11 is 0. The Hall–Kier alpha value is -2.75. The van der Waals surface area contributed by atoms with Gasteiger partial charge in [0.1, 0.15) is 5.75 Å². The van der Waals surface area contributed by atoms with Gasteiger partial charge in [0.2, 0.25) is 0 Å². The van der Waals surface area contributed by atoms with Crippen LogP contribution in [0.4, 0.5) is 5.69 Å². The number of anilines is 1. The molecule has 0 saturated heterocycles. The minimum Gasteiger partial charge on any atom is -0.508 e. The van der Waals surface area contributed by atoms with Crippen molar-refractivity contribution in [3.05, 3.63) is 78.1 Å². The van der Waals surface area contributed by atoms with Gasteiger partial charge in [-0.3, -0.25) is 4.68 Å². The zero-order chi connectivity index (χ0) is 14.5. The number of hydrogen-bond acceptors (Lipinski definition) is 3. The van der Waals surface area contributed by atoms with Crippen LogP contribution in [0.2, 0.25) is 0 Å². The third-order valence-electron chi connectivity index (χ3n) is 3.25. The van der Waals surface area contributed by atoms with Gasteiger partial charge in [-0.25, -0.2) is 0 Å². The van der Waals surface area contributed by atoms with Crippen LogP contribution in [-0.4, -0.2) is 14.9 Å². The predicted octanol–water partition coefficient (Wildman–Crippen LogP) is 3.25. The van der Waals surface area contributed by atoms with Gasteiger partial charge >= 0.3 is 0 Å². The summed E-state index contributed by atoms with van der Waals surface area (Å²) in [6.07, 6.45) is 3.82. The summed E-state index contributed by atoms with van der Waals surface area (Å²) < 4.78 is 1.91. The molecule has 1 aromatic heterocycles. The number of nitrogens with zero attached hydrogens (tertiary/aromatic N) is 2. The van der Waals surface area contributed by atoms with Crippen molar-refractivity contribution >= 4 is 5.69 Å². The smallest absolute Gasteiger partial charge is 0.115 e. The molecular weight excluding hydrogens is 262 g/mol. The standard InChI is InChI=1S/C17H17N3O/c21-17-8-6-14(7-9-17)10-18-16-11-19-20(13-16)12-15-4-2-1-3-5-15/h1-9,11,13,18,21H,10,12H2. The highest BCUT2D eigenvalue weighted by Crippen LogP contribution is 2.12. The van der Waals surface area contributed by atoms with Crippen LogP contribution in [0.25, 0.3) is 0 Å². The Bertz CT molecular complexity index is 690. The summed E-state index contributed by atoms with van der Waals surface area (Å²) in [5.74, 6) is 0.287. The fraction of sp³-hybridized carbons (Fsp3) is 0.118. The van der Waals surface area contributed by atoms with E-state index in [2.05, 4.69) is 22.5 Å². The van der Waals surface area contributed by atoms with E-state index in [0.29, 0.717) is 6.54 Å². The first-order valence-electron chi connectivity index (χ1n) is 6.88. The van der Waals surface area contributed by atoms with Crippen molar-refractivity contribution in [2.24, 2.45) is 0 Å². The van der Waals surface area contributed by atoms with Gasteiger partial charge in [0, 0.05) is 12.7 Å². The van der Waals surface area contributed by atoms with Gasteiger partial charge in [0.05, 0.1) is 18.4 Å². The first-order valence-corrected chi connectivity index (χ1v) is 6.88. The number of phenols is 1. The van der Waals surface area contributed by atoms with Crippen molar-refractivity contribution in [1.29, 1.82) is 0 Å². The van der Waals surface area contributed by atoms with Crippen LogP contribution in [0.5, 0.6) is 5.75 Å². The molecule has 1 heterocycles. The molecule has 0 aliphatic heterocycles. The SMILES string of the molecule is Oc1ccc(CNc2cnn(Cc3ccccc3)c2)cc1. The van der Waals surface area contributed by atoms with Crippen LogP contribution in [0, 0.1) is 0 Å². The Morgan fingerprint density at radius 2 is 1.71 bits per heavy atom. The van der Waals surface area contributed by atoms with Crippen LogP contribution >= 0.6 is 0 Å². The third kappa shape index (κ3) is 3.63. The number of benzene rings is 2. The highest BCUT2D eigenvalue weighted by atomic mass is 16.3. The van der Waals surface area contributed by atoms with Crippen molar-refractivity contribution in [3.63, 3.8) is 0 Å². The highest BCUT2D eigenvalue weighted by Gasteiger charge is 2.00. The normalized spacial score (nSPS) is 10.5. The molecule has 0 saturated carbocycles. The molecule has 4 heteroatoms. The van der Waals surface area contributed by atoms with E-state index in [4.69, 9.17) is 0 Å². The van der Waals surface area contributed by atoms with E-state index in [9.17, 15) is 5.11 Å². The molecule has 0 aliphatic rings. The van der Waals surface area contributed by atoms with Gasteiger partial charge in [-0.15, -0.1) is 0 Å². The van der Waals surface area contributed by atoms with Crippen LogP contribution < -0.4 is 5.32 Å². The van der Waals surface area contributed by atoms with E-state index in [1.165, 1.54) is 5.56 Å². The zero-order valence-corrected chi connectivity index (χ0v) is 11.6. The van der Waals surface area contributed by atoms with E-state index in [-0.39, 0.29) is 5.75 Å². The van der Waals surface area contributed by atoms with Crippen LogP contribution in [0.3, 0.4) is 0 Å². The largest absolute Gasteiger partial charge is 0.508 e. The molecule has 0 atom stereocenters. The Morgan fingerprint density at radius 1 is 0.952 bits per heavy atom. The average molecular weight is 279 g/mol. The van der Waals surface area contributed by atoms with Crippen molar-refractivity contribution in [2.75, 3.05) is 5.32 Å². The van der Waals surface area contributed by atoms with Gasteiger partial charge in [-0.1, -0.05) is 42.5 Å². The van der Waals surface area contributed by atoms with E-state index < -0.39 is 0 Å². The topological polar surface area (TPSA) is 50.1 Å². The highest BCUT2D eigenvalue weighted by molar-refractivity contribution is 5.40. The lowest BCUT2D eigenvalue weighted by Gasteiger charge is -2.04. The molecule has 3 aromatic rings. The molecule has 0 unspecified atom stereocenters. The van der Waals surface area contributed by atoms with Gasteiger partial charge in [0.15, 0.2) is 0 Å². The molecule has 0 fully saturated rings. The molecule has 21 heavy (non-hydrogen) atoms. The first-order chi connectivity index (χ1) is 10.3. The summed E-state index contributed by atoms with van der Waals surface area (Å²) in [6, 6.07) is 17.4. The molecule has 0 aliphatic carbocycles. The number of nitrogens with one attached hydrogen (secondary N) is 1. The van der Waals surface area contributed by atoms with Gasteiger partial charge in [0.25, 0.3) is 0 Å². The summed E-state index contributed by atoms with van der Waals surface area (Å²) in [5, 5.41) is 16.9. The van der Waals surface area contributed by atoms with Crippen LogP contribution in [-0.2, 0) is 13.1 Å². The monoisotopic (exact) mass is 279 g/mol. The van der Waals surface area contributed by atoms with Crippen molar-refractivity contribution in [3.8, 4) is 5.75 Å². The van der Waals surface area contributed by atoms with Crippen molar-refractivity contribution in [1.82, 2.24) is 9.78 Å². The molecule has 4 nitrogen and oxygen atoms in total. The molecule has 0 amide bonds. The maximum absolute atomic E-state index is 9.25. The number of aromatic nitrogens is 2.